The Morgan fingerprint density at radius 1 is 1.47 bits per heavy atom. The van der Waals surface area contributed by atoms with E-state index in [2.05, 4.69) is 33.6 Å². The summed E-state index contributed by atoms with van der Waals surface area (Å²) in [5.41, 5.74) is 1.37. The average Bonchev–Trinajstić information content (AvgIpc) is 2.38. The minimum atomic E-state index is 0.665. The maximum Gasteiger partial charge on any atom is 0.0271 e. The quantitative estimate of drug-likeness (QED) is 0.860. The average molecular weight is 251 g/mol. The molecule has 0 aromatic carbocycles. The largest absolute Gasteiger partial charge is 0.311 e. The summed E-state index contributed by atoms with van der Waals surface area (Å²) in [4.78, 5) is 6.60. The fraction of sp³-hybridized carbons (Fsp3) is 0.615. The van der Waals surface area contributed by atoms with Gasteiger partial charge >= 0.3 is 0 Å². The molecule has 1 aliphatic rings. The van der Waals surface area contributed by atoms with E-state index in [9.17, 15) is 0 Å². The Morgan fingerprint density at radius 3 is 3.06 bits per heavy atom. The van der Waals surface area contributed by atoms with Crippen molar-refractivity contribution < 1.29 is 0 Å². The van der Waals surface area contributed by atoms with Crippen LogP contribution in [-0.2, 0) is 6.54 Å². The first-order chi connectivity index (χ1) is 8.38. The van der Waals surface area contributed by atoms with Gasteiger partial charge in [-0.2, -0.15) is 11.8 Å². The molecule has 4 heteroatoms. The lowest BCUT2D eigenvalue weighted by atomic mass is 10.1. The highest BCUT2D eigenvalue weighted by Gasteiger charge is 2.18. The van der Waals surface area contributed by atoms with E-state index < -0.39 is 0 Å². The molecule has 94 valence electrons. The SMILES string of the molecule is CSCCC1CN(Cc2ccncc2)CCN1. The van der Waals surface area contributed by atoms with Crippen molar-refractivity contribution in [2.24, 2.45) is 0 Å². The first kappa shape index (κ1) is 12.9. The van der Waals surface area contributed by atoms with Crippen LogP contribution in [0.2, 0.25) is 0 Å². The zero-order chi connectivity index (χ0) is 11.9. The van der Waals surface area contributed by atoms with Gasteiger partial charge in [0.05, 0.1) is 0 Å². The lowest BCUT2D eigenvalue weighted by Gasteiger charge is -2.33. The fourth-order valence-corrected chi connectivity index (χ4v) is 2.76. The molecular weight excluding hydrogens is 230 g/mol. The number of nitrogens with zero attached hydrogens (tertiary/aromatic N) is 2. The van der Waals surface area contributed by atoms with Crippen LogP contribution in [-0.4, -0.2) is 47.6 Å². The normalized spacial score (nSPS) is 21.6. The molecule has 2 rings (SSSR count). The van der Waals surface area contributed by atoms with Crippen LogP contribution in [0.1, 0.15) is 12.0 Å². The van der Waals surface area contributed by atoms with Crippen LogP contribution in [0.3, 0.4) is 0 Å². The highest BCUT2D eigenvalue weighted by Crippen LogP contribution is 2.10. The molecule has 1 unspecified atom stereocenters. The summed E-state index contributed by atoms with van der Waals surface area (Å²) in [5, 5.41) is 3.60. The molecule has 1 aromatic rings. The van der Waals surface area contributed by atoms with Gasteiger partial charge in [0.25, 0.3) is 0 Å². The number of hydrogen-bond donors (Lipinski definition) is 1. The summed E-state index contributed by atoms with van der Waals surface area (Å²) in [7, 11) is 0. The Kier molecular flexibility index (Phi) is 5.29. The molecule has 1 saturated heterocycles. The maximum absolute atomic E-state index is 4.06. The third kappa shape index (κ3) is 4.30. The molecule has 3 nitrogen and oxygen atoms in total. The molecule has 0 saturated carbocycles. The summed E-state index contributed by atoms with van der Waals surface area (Å²) in [5.74, 6) is 1.25. The van der Waals surface area contributed by atoms with Gasteiger partial charge in [0, 0.05) is 44.6 Å². The van der Waals surface area contributed by atoms with Gasteiger partial charge in [0.15, 0.2) is 0 Å². The van der Waals surface area contributed by atoms with Crippen molar-refractivity contribution >= 4 is 11.8 Å². The molecule has 17 heavy (non-hydrogen) atoms. The maximum atomic E-state index is 4.06. The van der Waals surface area contributed by atoms with Gasteiger partial charge in [-0.3, -0.25) is 9.88 Å². The van der Waals surface area contributed by atoms with Gasteiger partial charge in [0.2, 0.25) is 0 Å². The molecule has 0 aliphatic carbocycles. The van der Waals surface area contributed by atoms with Gasteiger partial charge in [-0.15, -0.1) is 0 Å². The Labute approximate surface area is 108 Å². The monoisotopic (exact) mass is 251 g/mol. The number of rotatable bonds is 5. The summed E-state index contributed by atoms with van der Waals surface area (Å²) in [6.45, 7) is 4.49. The Bertz CT molecular complexity index is 318. The zero-order valence-electron chi connectivity index (χ0n) is 10.4. The van der Waals surface area contributed by atoms with Crippen molar-refractivity contribution in [2.75, 3.05) is 31.6 Å². The second kappa shape index (κ2) is 6.99. The predicted octanol–water partition coefficient (Wildman–Crippen LogP) is 1.61. The number of thioether (sulfide) groups is 1. The Hall–Kier alpha value is -0.580. The smallest absolute Gasteiger partial charge is 0.0271 e. The standard InChI is InChI=1S/C13H21N3S/c1-17-9-4-13-11-16(8-7-15-13)10-12-2-5-14-6-3-12/h2-3,5-6,13,15H,4,7-11H2,1H3. The van der Waals surface area contributed by atoms with E-state index in [-0.39, 0.29) is 0 Å². The Morgan fingerprint density at radius 2 is 2.29 bits per heavy atom. The Balaban J connectivity index is 1.81. The van der Waals surface area contributed by atoms with E-state index in [1.807, 2.05) is 24.2 Å². The van der Waals surface area contributed by atoms with E-state index in [0.717, 1.165) is 19.6 Å². The second-order valence-corrected chi connectivity index (χ2v) is 5.51. The summed E-state index contributed by atoms with van der Waals surface area (Å²) < 4.78 is 0. The molecular formula is C13H21N3S. The van der Waals surface area contributed by atoms with Crippen LogP contribution in [0.4, 0.5) is 0 Å². The minimum absolute atomic E-state index is 0.665. The fourth-order valence-electron chi connectivity index (χ4n) is 2.24. The van der Waals surface area contributed by atoms with Crippen LogP contribution < -0.4 is 5.32 Å². The molecule has 1 aliphatic heterocycles. The highest BCUT2D eigenvalue weighted by atomic mass is 32.2. The van der Waals surface area contributed by atoms with Crippen molar-refractivity contribution in [1.82, 2.24) is 15.2 Å². The van der Waals surface area contributed by atoms with Crippen molar-refractivity contribution in [1.29, 1.82) is 0 Å². The first-order valence-corrected chi connectivity index (χ1v) is 7.61. The molecule has 0 amide bonds. The second-order valence-electron chi connectivity index (χ2n) is 4.52. The predicted molar refractivity (Wildman–Crippen MR) is 74.3 cm³/mol. The number of pyridine rings is 1. The van der Waals surface area contributed by atoms with Gasteiger partial charge < -0.3 is 5.32 Å². The van der Waals surface area contributed by atoms with Crippen molar-refractivity contribution in [3.8, 4) is 0 Å². The molecule has 1 atom stereocenters. The van der Waals surface area contributed by atoms with E-state index >= 15 is 0 Å². The van der Waals surface area contributed by atoms with Crippen LogP contribution in [0, 0.1) is 0 Å². The third-order valence-electron chi connectivity index (χ3n) is 3.17. The summed E-state index contributed by atoms with van der Waals surface area (Å²) >= 11 is 1.93. The number of piperazine rings is 1. The highest BCUT2D eigenvalue weighted by molar-refractivity contribution is 7.98. The van der Waals surface area contributed by atoms with Gasteiger partial charge in [-0.05, 0) is 36.1 Å². The first-order valence-electron chi connectivity index (χ1n) is 6.22. The molecule has 1 fully saturated rings. The number of hydrogen-bond acceptors (Lipinski definition) is 4. The lowest BCUT2D eigenvalue weighted by molar-refractivity contribution is 0.190. The summed E-state index contributed by atoms with van der Waals surface area (Å²) in [6, 6.07) is 4.88. The number of nitrogens with one attached hydrogen (secondary N) is 1. The van der Waals surface area contributed by atoms with Crippen LogP contribution >= 0.6 is 11.8 Å². The molecule has 0 spiro atoms. The van der Waals surface area contributed by atoms with Gasteiger partial charge in [-0.1, -0.05) is 0 Å². The van der Waals surface area contributed by atoms with E-state index in [0.29, 0.717) is 6.04 Å². The molecule has 2 heterocycles. The van der Waals surface area contributed by atoms with Crippen molar-refractivity contribution in [2.45, 2.75) is 19.0 Å². The van der Waals surface area contributed by atoms with Gasteiger partial charge in [-0.25, -0.2) is 0 Å². The van der Waals surface area contributed by atoms with E-state index in [4.69, 9.17) is 0 Å². The van der Waals surface area contributed by atoms with Crippen molar-refractivity contribution in [3.05, 3.63) is 30.1 Å². The molecule has 1 N–H and O–H groups in total. The topological polar surface area (TPSA) is 28.2 Å². The van der Waals surface area contributed by atoms with Crippen molar-refractivity contribution in [3.63, 3.8) is 0 Å². The third-order valence-corrected chi connectivity index (χ3v) is 3.81. The van der Waals surface area contributed by atoms with Crippen LogP contribution in [0.15, 0.2) is 24.5 Å². The molecule has 0 bridgehead atoms. The van der Waals surface area contributed by atoms with E-state index in [1.165, 1.54) is 24.3 Å². The molecule has 0 radical (unpaired) electrons. The number of aromatic nitrogens is 1. The van der Waals surface area contributed by atoms with Gasteiger partial charge in [0.1, 0.15) is 0 Å². The molecule has 1 aromatic heterocycles. The van der Waals surface area contributed by atoms with Crippen LogP contribution in [0.25, 0.3) is 0 Å². The zero-order valence-corrected chi connectivity index (χ0v) is 11.2. The van der Waals surface area contributed by atoms with Crippen LogP contribution in [0.5, 0.6) is 0 Å². The summed E-state index contributed by atoms with van der Waals surface area (Å²) in [6.07, 6.45) is 7.21. The lowest BCUT2D eigenvalue weighted by Crippen LogP contribution is -2.50. The minimum Gasteiger partial charge on any atom is -0.311 e. The van der Waals surface area contributed by atoms with E-state index in [1.54, 1.807) is 0 Å².